The van der Waals surface area contributed by atoms with Crippen LogP contribution in [0, 0.1) is 26.2 Å². The SMILES string of the molecule is Cc1cc(C(=O)Cn2cc(C)sc2=N)c(C)s1. The fourth-order valence-electron chi connectivity index (χ4n) is 1.78. The highest BCUT2D eigenvalue weighted by Crippen LogP contribution is 2.21. The van der Waals surface area contributed by atoms with Crippen molar-refractivity contribution in [3.63, 3.8) is 0 Å². The van der Waals surface area contributed by atoms with Gasteiger partial charge in [-0.3, -0.25) is 10.2 Å². The molecule has 1 N–H and O–H groups in total. The predicted molar refractivity (Wildman–Crippen MR) is 71.0 cm³/mol. The largest absolute Gasteiger partial charge is 0.316 e. The molecule has 0 aromatic carbocycles. The molecule has 2 rings (SSSR count). The van der Waals surface area contributed by atoms with Crippen molar-refractivity contribution in [1.29, 1.82) is 5.41 Å². The molecule has 0 bridgehead atoms. The van der Waals surface area contributed by atoms with Crippen LogP contribution in [0.4, 0.5) is 0 Å². The first-order valence-corrected chi connectivity index (χ1v) is 6.92. The normalized spacial score (nSPS) is 10.8. The molecule has 0 saturated carbocycles. The number of thiazole rings is 1. The monoisotopic (exact) mass is 266 g/mol. The van der Waals surface area contributed by atoms with E-state index in [9.17, 15) is 4.79 Å². The molecule has 0 saturated heterocycles. The van der Waals surface area contributed by atoms with Crippen LogP contribution in [-0.4, -0.2) is 10.4 Å². The predicted octanol–water partition coefficient (Wildman–Crippen LogP) is 2.90. The van der Waals surface area contributed by atoms with Crippen LogP contribution < -0.4 is 4.80 Å². The first-order valence-electron chi connectivity index (χ1n) is 5.29. The lowest BCUT2D eigenvalue weighted by molar-refractivity contribution is 0.0971. The number of thiophene rings is 1. The summed E-state index contributed by atoms with van der Waals surface area (Å²) in [5.74, 6) is 0.0863. The zero-order chi connectivity index (χ0) is 12.6. The lowest BCUT2D eigenvalue weighted by Gasteiger charge is -2.01. The summed E-state index contributed by atoms with van der Waals surface area (Å²) in [5.41, 5.74) is 0.795. The molecule has 90 valence electrons. The Bertz CT molecular complexity index is 619. The zero-order valence-corrected chi connectivity index (χ0v) is 11.7. The molecule has 0 radical (unpaired) electrons. The van der Waals surface area contributed by atoms with Gasteiger partial charge in [-0.15, -0.1) is 22.7 Å². The molecule has 0 aliphatic rings. The molecular formula is C12H14N2OS2. The fraction of sp³-hybridized carbons (Fsp3) is 0.333. The van der Waals surface area contributed by atoms with Gasteiger partial charge in [0.1, 0.15) is 0 Å². The third kappa shape index (κ3) is 2.56. The average molecular weight is 266 g/mol. The molecular weight excluding hydrogens is 252 g/mol. The lowest BCUT2D eigenvalue weighted by Crippen LogP contribution is -2.18. The van der Waals surface area contributed by atoms with Gasteiger partial charge < -0.3 is 4.57 Å². The summed E-state index contributed by atoms with van der Waals surface area (Å²) in [6, 6.07) is 1.94. The van der Waals surface area contributed by atoms with E-state index in [0.717, 1.165) is 20.2 Å². The van der Waals surface area contributed by atoms with Gasteiger partial charge in [0.25, 0.3) is 0 Å². The van der Waals surface area contributed by atoms with Crippen molar-refractivity contribution in [2.24, 2.45) is 0 Å². The average Bonchev–Trinajstić information content (AvgIpc) is 2.70. The van der Waals surface area contributed by atoms with Crippen LogP contribution in [-0.2, 0) is 6.54 Å². The van der Waals surface area contributed by atoms with Crippen LogP contribution in [0.3, 0.4) is 0 Å². The number of aromatic nitrogens is 1. The molecule has 17 heavy (non-hydrogen) atoms. The number of aryl methyl sites for hydroxylation is 3. The second-order valence-corrected chi connectivity index (χ2v) is 6.72. The number of carbonyl (C=O) groups excluding carboxylic acids is 1. The highest BCUT2D eigenvalue weighted by atomic mass is 32.1. The van der Waals surface area contributed by atoms with E-state index in [2.05, 4.69) is 0 Å². The van der Waals surface area contributed by atoms with E-state index in [0.29, 0.717) is 4.80 Å². The van der Waals surface area contributed by atoms with Crippen LogP contribution in [0.1, 0.15) is 25.0 Å². The molecule has 0 fully saturated rings. The van der Waals surface area contributed by atoms with E-state index in [1.54, 1.807) is 15.9 Å². The van der Waals surface area contributed by atoms with E-state index >= 15 is 0 Å². The summed E-state index contributed by atoms with van der Waals surface area (Å²) < 4.78 is 1.70. The topological polar surface area (TPSA) is 45.9 Å². The van der Waals surface area contributed by atoms with Gasteiger partial charge >= 0.3 is 0 Å². The van der Waals surface area contributed by atoms with Gasteiger partial charge in [-0.05, 0) is 26.8 Å². The van der Waals surface area contributed by atoms with Gasteiger partial charge in [0.05, 0.1) is 6.54 Å². The smallest absolute Gasteiger partial charge is 0.183 e. The van der Waals surface area contributed by atoms with Gasteiger partial charge in [0.15, 0.2) is 10.6 Å². The highest BCUT2D eigenvalue weighted by Gasteiger charge is 2.13. The Kier molecular flexibility index (Phi) is 3.31. The van der Waals surface area contributed by atoms with E-state index in [-0.39, 0.29) is 12.3 Å². The minimum absolute atomic E-state index is 0.0863. The van der Waals surface area contributed by atoms with Crippen LogP contribution >= 0.6 is 22.7 Å². The van der Waals surface area contributed by atoms with Gasteiger partial charge in [0.2, 0.25) is 0 Å². The Hall–Kier alpha value is -1.20. The van der Waals surface area contributed by atoms with E-state index < -0.39 is 0 Å². The molecule has 0 atom stereocenters. The van der Waals surface area contributed by atoms with E-state index in [1.165, 1.54) is 11.3 Å². The Labute approximate surface area is 108 Å². The number of hydrogen-bond acceptors (Lipinski definition) is 4. The quantitative estimate of drug-likeness (QED) is 0.853. The molecule has 0 unspecified atom stereocenters. The van der Waals surface area contributed by atoms with Crippen molar-refractivity contribution in [2.45, 2.75) is 27.3 Å². The minimum Gasteiger partial charge on any atom is -0.316 e. The van der Waals surface area contributed by atoms with Gasteiger partial charge in [0, 0.05) is 26.4 Å². The maximum Gasteiger partial charge on any atom is 0.183 e. The van der Waals surface area contributed by atoms with Gasteiger partial charge in [-0.2, -0.15) is 0 Å². The Morgan fingerprint density at radius 2 is 2.00 bits per heavy atom. The molecule has 0 amide bonds. The number of Topliss-reactive ketones (excluding diaryl/α,β-unsaturated/α-hetero) is 1. The number of nitrogens with one attached hydrogen (secondary N) is 1. The van der Waals surface area contributed by atoms with Crippen molar-refractivity contribution >= 4 is 28.5 Å². The summed E-state index contributed by atoms with van der Waals surface area (Å²) in [4.78, 5) is 15.8. The zero-order valence-electron chi connectivity index (χ0n) is 10.0. The third-order valence-corrected chi connectivity index (χ3v) is 4.33. The molecule has 0 spiro atoms. The van der Waals surface area contributed by atoms with Gasteiger partial charge in [-0.1, -0.05) is 0 Å². The molecule has 0 aliphatic heterocycles. The minimum atomic E-state index is 0.0863. The highest BCUT2D eigenvalue weighted by molar-refractivity contribution is 7.12. The Morgan fingerprint density at radius 1 is 1.29 bits per heavy atom. The van der Waals surface area contributed by atoms with Crippen molar-refractivity contribution in [3.8, 4) is 0 Å². The first-order chi connectivity index (χ1) is 7.97. The van der Waals surface area contributed by atoms with Crippen LogP contribution in [0.5, 0.6) is 0 Å². The number of nitrogens with zero attached hydrogens (tertiary/aromatic N) is 1. The lowest BCUT2D eigenvalue weighted by atomic mass is 10.1. The molecule has 3 nitrogen and oxygen atoms in total. The summed E-state index contributed by atoms with van der Waals surface area (Å²) in [7, 11) is 0. The summed E-state index contributed by atoms with van der Waals surface area (Å²) in [6.45, 7) is 6.19. The maximum atomic E-state index is 12.1. The third-order valence-electron chi connectivity index (χ3n) is 2.51. The second-order valence-electron chi connectivity index (χ2n) is 4.02. The standard InChI is InChI=1S/C12H14N2OS2/c1-7-4-10(9(3)16-7)11(15)6-14-5-8(2)17-12(14)13/h4-5,13H,6H2,1-3H3. The van der Waals surface area contributed by atoms with Gasteiger partial charge in [-0.25, -0.2) is 0 Å². The molecule has 2 heterocycles. The summed E-state index contributed by atoms with van der Waals surface area (Å²) >= 11 is 3.04. The second kappa shape index (κ2) is 4.58. The van der Waals surface area contributed by atoms with Crippen molar-refractivity contribution < 1.29 is 4.79 Å². The molecule has 2 aromatic rings. The number of rotatable bonds is 3. The van der Waals surface area contributed by atoms with Crippen molar-refractivity contribution in [3.05, 3.63) is 37.3 Å². The number of hydrogen-bond donors (Lipinski definition) is 1. The summed E-state index contributed by atoms with van der Waals surface area (Å²) in [5, 5.41) is 7.74. The molecule has 0 aliphatic carbocycles. The number of ketones is 1. The van der Waals surface area contributed by atoms with Crippen molar-refractivity contribution in [1.82, 2.24) is 4.57 Å². The molecule has 5 heteroatoms. The van der Waals surface area contributed by atoms with E-state index in [4.69, 9.17) is 5.41 Å². The Balaban J connectivity index is 2.26. The van der Waals surface area contributed by atoms with Crippen LogP contribution in [0.2, 0.25) is 0 Å². The maximum absolute atomic E-state index is 12.1. The summed E-state index contributed by atoms with van der Waals surface area (Å²) in [6.07, 6.45) is 1.86. The Morgan fingerprint density at radius 3 is 2.47 bits per heavy atom. The fourth-order valence-corrected chi connectivity index (χ4v) is 3.44. The molecule has 2 aromatic heterocycles. The number of carbonyl (C=O) groups is 1. The van der Waals surface area contributed by atoms with Crippen LogP contribution in [0.25, 0.3) is 0 Å². The van der Waals surface area contributed by atoms with Crippen LogP contribution in [0.15, 0.2) is 12.3 Å². The van der Waals surface area contributed by atoms with Crippen molar-refractivity contribution in [2.75, 3.05) is 0 Å². The first kappa shape index (κ1) is 12.3. The van der Waals surface area contributed by atoms with E-state index in [1.807, 2.05) is 33.0 Å².